The van der Waals surface area contributed by atoms with Crippen molar-refractivity contribution in [1.29, 1.82) is 0 Å². The highest BCUT2D eigenvalue weighted by molar-refractivity contribution is 5.70. The van der Waals surface area contributed by atoms with Crippen LogP contribution in [0.2, 0.25) is 0 Å². The monoisotopic (exact) mass is 285 g/mol. The molecule has 4 heteroatoms. The van der Waals surface area contributed by atoms with Crippen molar-refractivity contribution in [1.82, 2.24) is 0 Å². The van der Waals surface area contributed by atoms with Gasteiger partial charge in [0.2, 0.25) is 0 Å². The molecule has 0 amide bonds. The first-order valence-corrected chi connectivity index (χ1v) is 6.86. The predicted molar refractivity (Wildman–Crippen MR) is 84.2 cm³/mol. The summed E-state index contributed by atoms with van der Waals surface area (Å²) in [5.41, 5.74) is 7.73. The Bertz CT molecular complexity index is 607. The molecule has 0 aliphatic rings. The van der Waals surface area contributed by atoms with E-state index in [1.54, 1.807) is 14.2 Å². The number of hydrogen-bond acceptors (Lipinski definition) is 3. The van der Waals surface area contributed by atoms with Crippen LogP contribution in [0.4, 0.5) is 0 Å². The molecule has 2 N–H and O–H groups in total. The number of benzene rings is 1. The zero-order chi connectivity index (χ0) is 15.1. The van der Waals surface area contributed by atoms with E-state index in [0.29, 0.717) is 6.54 Å². The Kier molecular flexibility index (Phi) is 5.35. The molecule has 0 saturated heterocycles. The van der Waals surface area contributed by atoms with Gasteiger partial charge in [-0.05, 0) is 23.3 Å². The van der Waals surface area contributed by atoms with Gasteiger partial charge in [0.15, 0.2) is 30.4 Å². The lowest BCUT2D eigenvalue weighted by Gasteiger charge is -2.07. The molecule has 0 aliphatic heterocycles. The van der Waals surface area contributed by atoms with Gasteiger partial charge in [-0.25, -0.2) is 4.57 Å². The molecule has 4 nitrogen and oxygen atoms in total. The standard InChI is InChI=1S/C17H21N2O2/c1-20-16-6-5-15(13-17(16)21-2)4-3-14-7-10-19(11-8-14)12-9-18/h3-8,10-11,13H,9,12,18H2,1-2H3/q+1/b4-3+. The molecule has 0 saturated carbocycles. The lowest BCUT2D eigenvalue weighted by atomic mass is 10.1. The van der Waals surface area contributed by atoms with Gasteiger partial charge in [0, 0.05) is 12.1 Å². The van der Waals surface area contributed by atoms with E-state index in [1.165, 1.54) is 0 Å². The lowest BCUT2D eigenvalue weighted by molar-refractivity contribution is -0.694. The molecular formula is C17H21N2O2+. The summed E-state index contributed by atoms with van der Waals surface area (Å²) < 4.78 is 12.6. The van der Waals surface area contributed by atoms with Crippen molar-refractivity contribution >= 4 is 12.2 Å². The van der Waals surface area contributed by atoms with Gasteiger partial charge in [0.05, 0.1) is 20.8 Å². The molecule has 2 rings (SSSR count). The average molecular weight is 285 g/mol. The fourth-order valence-corrected chi connectivity index (χ4v) is 2.03. The lowest BCUT2D eigenvalue weighted by Crippen LogP contribution is -2.36. The molecular weight excluding hydrogens is 264 g/mol. The van der Waals surface area contributed by atoms with Crippen LogP contribution in [0.15, 0.2) is 42.7 Å². The first-order chi connectivity index (χ1) is 10.3. The molecule has 0 radical (unpaired) electrons. The Labute approximate surface area is 125 Å². The topological polar surface area (TPSA) is 48.4 Å². The minimum absolute atomic E-state index is 0.644. The number of hydrogen-bond donors (Lipinski definition) is 1. The maximum Gasteiger partial charge on any atom is 0.169 e. The number of nitrogens with zero attached hydrogens (tertiary/aromatic N) is 1. The second kappa shape index (κ2) is 7.45. The van der Waals surface area contributed by atoms with Gasteiger partial charge in [-0.2, -0.15) is 0 Å². The number of nitrogens with two attached hydrogens (primary N) is 1. The zero-order valence-corrected chi connectivity index (χ0v) is 12.5. The summed E-state index contributed by atoms with van der Waals surface area (Å²) in [6.45, 7) is 1.48. The molecule has 1 aromatic carbocycles. The number of rotatable bonds is 6. The minimum Gasteiger partial charge on any atom is -0.493 e. The highest BCUT2D eigenvalue weighted by Gasteiger charge is 2.02. The summed E-state index contributed by atoms with van der Waals surface area (Å²) in [7, 11) is 3.27. The van der Waals surface area contributed by atoms with Crippen LogP contribution in [0, 0.1) is 0 Å². The van der Waals surface area contributed by atoms with Gasteiger partial charge < -0.3 is 15.2 Å². The Morgan fingerprint density at radius 1 is 0.952 bits per heavy atom. The smallest absolute Gasteiger partial charge is 0.169 e. The molecule has 0 atom stereocenters. The molecule has 2 aromatic rings. The quantitative estimate of drug-likeness (QED) is 0.827. The third kappa shape index (κ3) is 4.07. The highest BCUT2D eigenvalue weighted by Crippen LogP contribution is 2.28. The fourth-order valence-electron chi connectivity index (χ4n) is 2.03. The molecule has 0 unspecified atom stereocenters. The molecule has 0 fully saturated rings. The number of methoxy groups -OCH3 is 2. The van der Waals surface area contributed by atoms with Gasteiger partial charge in [-0.15, -0.1) is 0 Å². The van der Waals surface area contributed by atoms with Crippen LogP contribution in [0.1, 0.15) is 11.1 Å². The Morgan fingerprint density at radius 3 is 2.24 bits per heavy atom. The largest absolute Gasteiger partial charge is 0.493 e. The maximum absolute atomic E-state index is 5.53. The minimum atomic E-state index is 0.644. The number of aromatic nitrogens is 1. The highest BCUT2D eigenvalue weighted by atomic mass is 16.5. The first-order valence-electron chi connectivity index (χ1n) is 6.86. The van der Waals surface area contributed by atoms with E-state index in [9.17, 15) is 0 Å². The molecule has 0 spiro atoms. The van der Waals surface area contributed by atoms with Gasteiger partial charge in [0.1, 0.15) is 0 Å². The van der Waals surface area contributed by atoms with E-state index in [4.69, 9.17) is 15.2 Å². The van der Waals surface area contributed by atoms with Crippen molar-refractivity contribution in [2.75, 3.05) is 20.8 Å². The second-order valence-electron chi connectivity index (χ2n) is 4.61. The molecule has 110 valence electrons. The third-order valence-corrected chi connectivity index (χ3v) is 3.18. The molecule has 0 bridgehead atoms. The number of ether oxygens (including phenoxy) is 2. The average Bonchev–Trinajstić information content (AvgIpc) is 2.54. The summed E-state index contributed by atoms with van der Waals surface area (Å²) in [5.74, 6) is 1.46. The van der Waals surface area contributed by atoms with Crippen LogP contribution in [-0.4, -0.2) is 20.8 Å². The second-order valence-corrected chi connectivity index (χ2v) is 4.61. The Morgan fingerprint density at radius 2 is 1.62 bits per heavy atom. The van der Waals surface area contributed by atoms with E-state index >= 15 is 0 Å². The van der Waals surface area contributed by atoms with Crippen LogP contribution in [0.5, 0.6) is 11.5 Å². The first kappa shape index (κ1) is 15.1. The maximum atomic E-state index is 5.53. The Balaban J connectivity index is 2.13. The van der Waals surface area contributed by atoms with E-state index in [0.717, 1.165) is 29.2 Å². The summed E-state index contributed by atoms with van der Waals surface area (Å²) >= 11 is 0. The van der Waals surface area contributed by atoms with E-state index in [1.807, 2.05) is 36.7 Å². The van der Waals surface area contributed by atoms with Crippen LogP contribution in [0.3, 0.4) is 0 Å². The van der Waals surface area contributed by atoms with Crippen molar-refractivity contribution in [2.45, 2.75) is 6.54 Å². The van der Waals surface area contributed by atoms with Crippen molar-refractivity contribution in [3.05, 3.63) is 53.9 Å². The van der Waals surface area contributed by atoms with Crippen molar-refractivity contribution < 1.29 is 14.0 Å². The van der Waals surface area contributed by atoms with E-state index in [-0.39, 0.29) is 0 Å². The van der Waals surface area contributed by atoms with Crippen LogP contribution < -0.4 is 19.8 Å². The van der Waals surface area contributed by atoms with E-state index < -0.39 is 0 Å². The van der Waals surface area contributed by atoms with Crippen molar-refractivity contribution in [3.8, 4) is 11.5 Å². The predicted octanol–water partition coefficient (Wildman–Crippen LogP) is 2.12. The van der Waals surface area contributed by atoms with Gasteiger partial charge >= 0.3 is 0 Å². The third-order valence-electron chi connectivity index (χ3n) is 3.18. The molecule has 1 aromatic heterocycles. The van der Waals surface area contributed by atoms with Gasteiger partial charge in [-0.3, -0.25) is 0 Å². The van der Waals surface area contributed by atoms with Crippen LogP contribution in [-0.2, 0) is 6.54 Å². The summed E-state index contributed by atoms with van der Waals surface area (Å²) in [4.78, 5) is 0. The van der Waals surface area contributed by atoms with E-state index in [2.05, 4.69) is 22.8 Å². The van der Waals surface area contributed by atoms with Crippen molar-refractivity contribution in [2.24, 2.45) is 5.73 Å². The molecule has 0 aliphatic carbocycles. The Hall–Kier alpha value is -2.33. The summed E-state index contributed by atoms with van der Waals surface area (Å²) in [5, 5.41) is 0. The molecule has 21 heavy (non-hydrogen) atoms. The molecule has 1 heterocycles. The zero-order valence-electron chi connectivity index (χ0n) is 12.5. The van der Waals surface area contributed by atoms with Crippen LogP contribution >= 0.6 is 0 Å². The van der Waals surface area contributed by atoms with Crippen molar-refractivity contribution in [3.63, 3.8) is 0 Å². The summed E-state index contributed by atoms with van der Waals surface area (Å²) in [6.07, 6.45) is 8.17. The summed E-state index contributed by atoms with van der Waals surface area (Å²) in [6, 6.07) is 9.97. The van der Waals surface area contributed by atoms with Crippen LogP contribution in [0.25, 0.3) is 12.2 Å². The normalized spacial score (nSPS) is 10.8. The SMILES string of the molecule is COc1ccc(/C=C/c2cc[n+](CCN)cc2)cc1OC. The number of pyridine rings is 1. The fraction of sp³-hybridized carbons (Fsp3) is 0.235. The van der Waals surface area contributed by atoms with Gasteiger partial charge in [0.25, 0.3) is 0 Å². The van der Waals surface area contributed by atoms with Gasteiger partial charge in [-0.1, -0.05) is 18.2 Å².